The van der Waals surface area contributed by atoms with Gasteiger partial charge in [-0.3, -0.25) is 4.90 Å². The normalized spacial score (nSPS) is 28.6. The first-order valence-corrected chi connectivity index (χ1v) is 9.21. The van der Waals surface area contributed by atoms with Gasteiger partial charge in [0.15, 0.2) is 0 Å². The Bertz CT molecular complexity index is 642. The van der Waals surface area contributed by atoms with E-state index in [1.165, 1.54) is 30.4 Å². The van der Waals surface area contributed by atoms with Gasteiger partial charge < -0.3 is 4.74 Å². The van der Waals surface area contributed by atoms with Crippen molar-refractivity contribution >= 4 is 0 Å². The standard InChI is InChI=1S/C22H27NO/c1-23(15-17-8-4-2-5-9-17)21-14-19-12-13-20(21)22(19)24-16-18-10-6-3-7-11-18/h2-11,19-22H,12-16H2,1H3/t19-,20+,21+,22-/m1/s1. The monoisotopic (exact) mass is 321 g/mol. The van der Waals surface area contributed by atoms with Crippen molar-refractivity contribution in [1.29, 1.82) is 0 Å². The van der Waals surface area contributed by atoms with E-state index in [4.69, 9.17) is 4.74 Å². The van der Waals surface area contributed by atoms with Gasteiger partial charge in [-0.1, -0.05) is 60.7 Å². The largest absolute Gasteiger partial charge is 0.373 e. The Labute approximate surface area is 145 Å². The second-order valence-corrected chi connectivity index (χ2v) is 7.47. The molecule has 24 heavy (non-hydrogen) atoms. The van der Waals surface area contributed by atoms with E-state index < -0.39 is 0 Å². The molecule has 4 atom stereocenters. The quantitative estimate of drug-likeness (QED) is 0.776. The van der Waals surface area contributed by atoms with Crippen molar-refractivity contribution in [3.8, 4) is 0 Å². The fraction of sp³-hybridized carbons (Fsp3) is 0.455. The maximum atomic E-state index is 6.38. The minimum absolute atomic E-state index is 0.452. The van der Waals surface area contributed by atoms with E-state index in [-0.39, 0.29) is 0 Å². The number of hydrogen-bond acceptors (Lipinski definition) is 2. The molecule has 0 aromatic heterocycles. The van der Waals surface area contributed by atoms with Crippen LogP contribution in [0.15, 0.2) is 60.7 Å². The van der Waals surface area contributed by atoms with Crippen molar-refractivity contribution in [1.82, 2.24) is 4.90 Å². The van der Waals surface area contributed by atoms with Crippen LogP contribution < -0.4 is 0 Å². The summed E-state index contributed by atoms with van der Waals surface area (Å²) in [6.07, 6.45) is 4.43. The fourth-order valence-corrected chi connectivity index (χ4v) is 4.75. The molecule has 2 aromatic carbocycles. The van der Waals surface area contributed by atoms with Crippen LogP contribution in [0, 0.1) is 11.8 Å². The van der Waals surface area contributed by atoms with E-state index in [2.05, 4.69) is 72.6 Å². The minimum Gasteiger partial charge on any atom is -0.373 e. The van der Waals surface area contributed by atoms with Crippen LogP contribution in [0.5, 0.6) is 0 Å². The zero-order chi connectivity index (χ0) is 16.4. The summed E-state index contributed by atoms with van der Waals surface area (Å²) in [5.74, 6) is 1.45. The van der Waals surface area contributed by atoms with Gasteiger partial charge in [-0.25, -0.2) is 0 Å². The highest BCUT2D eigenvalue weighted by atomic mass is 16.5. The second-order valence-electron chi connectivity index (χ2n) is 7.47. The van der Waals surface area contributed by atoms with Crippen molar-refractivity contribution in [2.45, 2.75) is 44.6 Å². The van der Waals surface area contributed by atoms with E-state index in [1.54, 1.807) is 0 Å². The van der Waals surface area contributed by atoms with Crippen molar-refractivity contribution < 1.29 is 4.74 Å². The van der Waals surface area contributed by atoms with Crippen molar-refractivity contribution in [2.24, 2.45) is 11.8 Å². The molecular formula is C22H27NO. The Morgan fingerprint density at radius 3 is 2.29 bits per heavy atom. The highest BCUT2D eigenvalue weighted by Crippen LogP contribution is 2.48. The Balaban J connectivity index is 1.37. The van der Waals surface area contributed by atoms with Crippen molar-refractivity contribution in [3.05, 3.63) is 71.8 Å². The van der Waals surface area contributed by atoms with Gasteiger partial charge in [0.1, 0.15) is 0 Å². The van der Waals surface area contributed by atoms with Gasteiger partial charge >= 0.3 is 0 Å². The lowest BCUT2D eigenvalue weighted by molar-refractivity contribution is 0.00347. The Morgan fingerprint density at radius 2 is 1.58 bits per heavy atom. The average molecular weight is 321 g/mol. The molecule has 0 amide bonds. The molecule has 2 heteroatoms. The molecule has 4 rings (SSSR count). The predicted octanol–water partition coefficient (Wildman–Crippen LogP) is 4.50. The molecule has 0 aliphatic heterocycles. The molecule has 126 valence electrons. The van der Waals surface area contributed by atoms with Gasteiger partial charge in [0.25, 0.3) is 0 Å². The Hall–Kier alpha value is -1.64. The summed E-state index contributed by atoms with van der Waals surface area (Å²) in [4.78, 5) is 2.55. The maximum Gasteiger partial charge on any atom is 0.0720 e. The molecule has 0 heterocycles. The first-order chi connectivity index (χ1) is 11.8. The highest BCUT2D eigenvalue weighted by Gasteiger charge is 2.49. The van der Waals surface area contributed by atoms with Gasteiger partial charge in [-0.15, -0.1) is 0 Å². The lowest BCUT2D eigenvalue weighted by atomic mass is 9.94. The van der Waals surface area contributed by atoms with Gasteiger partial charge in [-0.05, 0) is 43.4 Å². The highest BCUT2D eigenvalue weighted by molar-refractivity contribution is 5.16. The number of nitrogens with zero attached hydrogens (tertiary/aromatic N) is 1. The third kappa shape index (κ3) is 3.26. The van der Waals surface area contributed by atoms with Crippen LogP contribution >= 0.6 is 0 Å². The van der Waals surface area contributed by atoms with E-state index in [9.17, 15) is 0 Å². The zero-order valence-corrected chi connectivity index (χ0v) is 14.5. The zero-order valence-electron chi connectivity index (χ0n) is 14.5. The van der Waals surface area contributed by atoms with Crippen molar-refractivity contribution in [2.75, 3.05) is 7.05 Å². The van der Waals surface area contributed by atoms with Crippen LogP contribution in [0.1, 0.15) is 30.4 Å². The minimum atomic E-state index is 0.452. The van der Waals surface area contributed by atoms with Crippen LogP contribution in [0.3, 0.4) is 0 Å². The molecule has 0 saturated heterocycles. The van der Waals surface area contributed by atoms with Gasteiger partial charge in [0.05, 0.1) is 12.7 Å². The van der Waals surface area contributed by atoms with Gasteiger partial charge in [0.2, 0.25) is 0 Å². The number of rotatable bonds is 6. The summed E-state index contributed by atoms with van der Waals surface area (Å²) in [6.45, 7) is 1.80. The number of fused-ring (bicyclic) bond motifs is 2. The molecule has 2 fully saturated rings. The van der Waals surface area contributed by atoms with E-state index in [0.29, 0.717) is 18.1 Å². The Morgan fingerprint density at radius 1 is 0.917 bits per heavy atom. The van der Waals surface area contributed by atoms with Crippen LogP contribution in [0.4, 0.5) is 0 Å². The number of benzene rings is 2. The molecule has 0 spiro atoms. The van der Waals surface area contributed by atoms with Crippen LogP contribution in [0.25, 0.3) is 0 Å². The number of ether oxygens (including phenoxy) is 1. The molecule has 2 nitrogen and oxygen atoms in total. The SMILES string of the molecule is CN(Cc1ccccc1)[C@H]1C[C@H]2CC[C@@H]1[C@@H]2OCc1ccccc1. The first-order valence-electron chi connectivity index (χ1n) is 9.21. The van der Waals surface area contributed by atoms with Crippen LogP contribution in [-0.2, 0) is 17.9 Å². The molecule has 2 bridgehead atoms. The molecule has 2 saturated carbocycles. The third-order valence-electron chi connectivity index (χ3n) is 5.92. The summed E-state index contributed by atoms with van der Waals surface area (Å²) in [5.41, 5.74) is 2.70. The molecular weight excluding hydrogens is 294 g/mol. The first kappa shape index (κ1) is 15.9. The lowest BCUT2D eigenvalue weighted by Crippen LogP contribution is -2.37. The summed E-state index contributed by atoms with van der Waals surface area (Å²) in [6, 6.07) is 22.1. The van der Waals surface area contributed by atoms with Gasteiger partial charge in [-0.2, -0.15) is 0 Å². The summed E-state index contributed by atoms with van der Waals surface area (Å²) in [7, 11) is 2.28. The molecule has 2 aromatic rings. The molecule has 0 unspecified atom stereocenters. The maximum absolute atomic E-state index is 6.38. The van der Waals surface area contributed by atoms with E-state index in [1.807, 2.05) is 0 Å². The van der Waals surface area contributed by atoms with Crippen molar-refractivity contribution in [3.63, 3.8) is 0 Å². The van der Waals surface area contributed by atoms with E-state index >= 15 is 0 Å². The smallest absolute Gasteiger partial charge is 0.0720 e. The average Bonchev–Trinajstić information content (AvgIpc) is 3.19. The summed E-state index contributed by atoms with van der Waals surface area (Å²) >= 11 is 0. The third-order valence-corrected chi connectivity index (χ3v) is 5.92. The molecule has 2 aliphatic rings. The summed E-state index contributed by atoms with van der Waals surface area (Å²) in [5, 5.41) is 0. The van der Waals surface area contributed by atoms with Gasteiger partial charge in [0, 0.05) is 18.5 Å². The van der Waals surface area contributed by atoms with Crippen LogP contribution in [0.2, 0.25) is 0 Å². The molecule has 0 N–H and O–H groups in total. The lowest BCUT2D eigenvalue weighted by Gasteiger charge is -2.31. The molecule has 2 aliphatic carbocycles. The fourth-order valence-electron chi connectivity index (χ4n) is 4.75. The van der Waals surface area contributed by atoms with Crippen LogP contribution in [-0.4, -0.2) is 24.1 Å². The predicted molar refractivity (Wildman–Crippen MR) is 97.5 cm³/mol. The number of hydrogen-bond donors (Lipinski definition) is 0. The molecule has 0 radical (unpaired) electrons. The topological polar surface area (TPSA) is 12.5 Å². The summed E-state index contributed by atoms with van der Waals surface area (Å²) < 4.78 is 6.38. The van der Waals surface area contributed by atoms with E-state index in [0.717, 1.165) is 19.1 Å². The Kier molecular flexibility index (Phi) is 4.68. The second kappa shape index (κ2) is 7.08.